The molecule has 0 spiro atoms. The van der Waals surface area contributed by atoms with E-state index in [0.29, 0.717) is 17.5 Å². The van der Waals surface area contributed by atoms with Crippen LogP contribution in [0.4, 0.5) is 0 Å². The minimum absolute atomic E-state index is 0.0470. The Morgan fingerprint density at radius 3 is 2.38 bits per heavy atom. The van der Waals surface area contributed by atoms with Crippen molar-refractivity contribution in [2.24, 2.45) is 5.41 Å². The van der Waals surface area contributed by atoms with Crippen LogP contribution >= 0.6 is 0 Å². The Morgan fingerprint density at radius 1 is 1.14 bits per heavy atom. The van der Waals surface area contributed by atoms with Crippen LogP contribution in [0, 0.1) is 5.41 Å². The van der Waals surface area contributed by atoms with Gasteiger partial charge in [-0.15, -0.1) is 0 Å². The zero-order valence-electron chi connectivity index (χ0n) is 13.8. The minimum atomic E-state index is -0.409. The van der Waals surface area contributed by atoms with Gasteiger partial charge in [-0.1, -0.05) is 13.8 Å². The van der Waals surface area contributed by atoms with E-state index in [9.17, 15) is 4.79 Å². The molecule has 4 heteroatoms. The summed E-state index contributed by atoms with van der Waals surface area (Å²) in [5.41, 5.74) is 0.0777. The first kappa shape index (κ1) is 15.3. The van der Waals surface area contributed by atoms with Crippen molar-refractivity contribution in [3.05, 3.63) is 0 Å². The summed E-state index contributed by atoms with van der Waals surface area (Å²) in [7, 11) is 1.52. The summed E-state index contributed by atoms with van der Waals surface area (Å²) >= 11 is 0. The average Bonchev–Trinajstić information content (AvgIpc) is 3.15. The van der Waals surface area contributed by atoms with Crippen LogP contribution in [0.2, 0.25) is 0 Å². The third-order valence-electron chi connectivity index (χ3n) is 5.79. The summed E-state index contributed by atoms with van der Waals surface area (Å²) in [6.07, 6.45) is 7.94. The number of nitrogens with one attached hydrogen (secondary N) is 1. The lowest BCUT2D eigenvalue weighted by atomic mass is 9.82. The van der Waals surface area contributed by atoms with Gasteiger partial charge in [-0.3, -0.25) is 10.1 Å². The second kappa shape index (κ2) is 5.54. The van der Waals surface area contributed by atoms with Crippen LogP contribution in [0.25, 0.3) is 0 Å². The molecule has 1 saturated heterocycles. The summed E-state index contributed by atoms with van der Waals surface area (Å²) in [4.78, 5) is 14.9. The predicted octanol–water partition coefficient (Wildman–Crippen LogP) is 2.32. The lowest BCUT2D eigenvalue weighted by Crippen LogP contribution is -2.53. The number of likely N-dealkylation sites (tertiary alicyclic amines) is 1. The molecule has 0 aromatic rings. The number of hydrogen-bond donors (Lipinski definition) is 1. The van der Waals surface area contributed by atoms with Crippen molar-refractivity contribution < 1.29 is 9.53 Å². The number of hydrogen-bond acceptors (Lipinski definition) is 4. The van der Waals surface area contributed by atoms with Crippen molar-refractivity contribution in [1.82, 2.24) is 10.2 Å². The predicted molar refractivity (Wildman–Crippen MR) is 83.1 cm³/mol. The highest BCUT2D eigenvalue weighted by Gasteiger charge is 2.50. The minimum Gasteiger partial charge on any atom is -0.468 e. The number of rotatable bonds is 4. The lowest BCUT2D eigenvalue weighted by molar-refractivity contribution is -0.148. The largest absolute Gasteiger partial charge is 0.468 e. The maximum absolute atomic E-state index is 12.3. The van der Waals surface area contributed by atoms with E-state index in [1.165, 1.54) is 45.9 Å². The van der Waals surface area contributed by atoms with Crippen LogP contribution in [0.3, 0.4) is 0 Å². The molecule has 21 heavy (non-hydrogen) atoms. The molecule has 0 radical (unpaired) electrons. The maximum Gasteiger partial charge on any atom is 0.326 e. The van der Waals surface area contributed by atoms with Crippen molar-refractivity contribution >= 4 is 5.97 Å². The molecule has 0 bridgehead atoms. The van der Waals surface area contributed by atoms with Gasteiger partial charge in [0.2, 0.25) is 0 Å². The van der Waals surface area contributed by atoms with Gasteiger partial charge in [-0.25, -0.2) is 0 Å². The van der Waals surface area contributed by atoms with E-state index >= 15 is 0 Å². The molecule has 3 rings (SSSR count). The van der Waals surface area contributed by atoms with Crippen molar-refractivity contribution in [3.63, 3.8) is 0 Å². The van der Waals surface area contributed by atoms with Crippen LogP contribution in [-0.2, 0) is 9.53 Å². The number of carbonyl (C=O) groups excluding carboxylic acids is 1. The molecule has 0 amide bonds. The molecule has 0 aromatic carbocycles. The van der Waals surface area contributed by atoms with Gasteiger partial charge in [-0.05, 0) is 63.5 Å². The molecule has 2 saturated carbocycles. The Bertz CT molecular complexity index is 396. The standard InChI is InChI=1S/C17H30N2O2/c1-16(2)8-10-19(11-9-16)14-6-7-17(12-14,15(20)21-3)18-13-4-5-13/h13-14,18H,4-12H2,1-3H3. The third-order valence-corrected chi connectivity index (χ3v) is 5.79. The molecule has 1 aliphatic heterocycles. The molecule has 3 fully saturated rings. The second-order valence-electron chi connectivity index (χ2n) is 8.09. The highest BCUT2D eigenvalue weighted by atomic mass is 16.5. The Hall–Kier alpha value is -0.610. The Balaban J connectivity index is 1.63. The van der Waals surface area contributed by atoms with Crippen molar-refractivity contribution in [1.29, 1.82) is 0 Å². The van der Waals surface area contributed by atoms with Gasteiger partial charge >= 0.3 is 5.97 Å². The molecular formula is C17H30N2O2. The highest BCUT2D eigenvalue weighted by molar-refractivity contribution is 5.81. The molecule has 1 heterocycles. The fourth-order valence-corrected chi connectivity index (χ4v) is 4.01. The third kappa shape index (κ3) is 3.26. The van der Waals surface area contributed by atoms with E-state index in [2.05, 4.69) is 24.1 Å². The lowest BCUT2D eigenvalue weighted by Gasteiger charge is -2.40. The quantitative estimate of drug-likeness (QED) is 0.808. The number of ether oxygens (including phenoxy) is 1. The first-order valence-electron chi connectivity index (χ1n) is 8.54. The molecule has 2 atom stereocenters. The van der Waals surface area contributed by atoms with Gasteiger partial charge < -0.3 is 9.64 Å². The maximum atomic E-state index is 12.3. The fourth-order valence-electron chi connectivity index (χ4n) is 4.01. The number of nitrogens with zero attached hydrogens (tertiary/aromatic N) is 1. The summed E-state index contributed by atoms with van der Waals surface area (Å²) in [6.45, 7) is 7.09. The van der Waals surface area contributed by atoms with Crippen LogP contribution in [0.15, 0.2) is 0 Å². The van der Waals surface area contributed by atoms with Gasteiger partial charge in [0, 0.05) is 12.1 Å². The number of carbonyl (C=O) groups is 1. The number of methoxy groups -OCH3 is 1. The van der Waals surface area contributed by atoms with Gasteiger partial charge in [0.05, 0.1) is 7.11 Å². The topological polar surface area (TPSA) is 41.6 Å². The molecule has 4 nitrogen and oxygen atoms in total. The first-order valence-corrected chi connectivity index (χ1v) is 8.54. The normalized spacial score (nSPS) is 36.6. The van der Waals surface area contributed by atoms with Gasteiger partial charge in [0.15, 0.2) is 0 Å². The van der Waals surface area contributed by atoms with Crippen LogP contribution in [-0.4, -0.2) is 48.7 Å². The van der Waals surface area contributed by atoms with Crippen LogP contribution in [0.1, 0.15) is 58.8 Å². The highest BCUT2D eigenvalue weighted by Crippen LogP contribution is 2.39. The van der Waals surface area contributed by atoms with Crippen molar-refractivity contribution in [2.75, 3.05) is 20.2 Å². The summed E-state index contributed by atoms with van der Waals surface area (Å²) in [5.74, 6) is -0.0470. The Morgan fingerprint density at radius 2 is 1.81 bits per heavy atom. The molecule has 3 aliphatic rings. The summed E-state index contributed by atoms with van der Waals surface area (Å²) in [6, 6.07) is 1.09. The van der Waals surface area contributed by atoms with Gasteiger partial charge in [0.25, 0.3) is 0 Å². The monoisotopic (exact) mass is 294 g/mol. The van der Waals surface area contributed by atoms with E-state index in [-0.39, 0.29) is 5.97 Å². The zero-order valence-corrected chi connectivity index (χ0v) is 13.8. The van der Waals surface area contributed by atoms with E-state index in [1.54, 1.807) is 0 Å². The van der Waals surface area contributed by atoms with Crippen LogP contribution < -0.4 is 5.32 Å². The van der Waals surface area contributed by atoms with Gasteiger partial charge in [-0.2, -0.15) is 0 Å². The first-order chi connectivity index (χ1) is 9.94. The molecule has 0 aromatic heterocycles. The van der Waals surface area contributed by atoms with E-state index in [4.69, 9.17) is 4.74 Å². The zero-order chi connectivity index (χ0) is 15.1. The Labute approximate surface area is 128 Å². The molecular weight excluding hydrogens is 264 g/mol. The smallest absolute Gasteiger partial charge is 0.326 e. The van der Waals surface area contributed by atoms with Crippen molar-refractivity contribution in [3.8, 4) is 0 Å². The molecule has 2 unspecified atom stereocenters. The molecule has 120 valence electrons. The van der Waals surface area contributed by atoms with E-state index in [1.807, 2.05) is 0 Å². The molecule has 2 aliphatic carbocycles. The van der Waals surface area contributed by atoms with E-state index < -0.39 is 5.54 Å². The van der Waals surface area contributed by atoms with Crippen LogP contribution in [0.5, 0.6) is 0 Å². The summed E-state index contributed by atoms with van der Waals surface area (Å²) < 4.78 is 5.11. The number of piperidine rings is 1. The fraction of sp³-hybridized carbons (Fsp3) is 0.941. The van der Waals surface area contributed by atoms with Crippen molar-refractivity contribution in [2.45, 2.75) is 76.4 Å². The van der Waals surface area contributed by atoms with Gasteiger partial charge in [0.1, 0.15) is 5.54 Å². The SMILES string of the molecule is COC(=O)C1(NC2CC2)CCC(N2CCC(C)(C)CC2)C1. The summed E-state index contributed by atoms with van der Waals surface area (Å²) in [5, 5.41) is 3.60. The average molecular weight is 294 g/mol. The second-order valence-corrected chi connectivity index (χ2v) is 8.09. The number of esters is 1. The molecule has 1 N–H and O–H groups in total. The Kier molecular flexibility index (Phi) is 4.04. The van der Waals surface area contributed by atoms with E-state index in [0.717, 1.165) is 19.3 Å².